The van der Waals surface area contributed by atoms with Crippen molar-refractivity contribution in [2.24, 2.45) is 5.73 Å². The van der Waals surface area contributed by atoms with Crippen molar-refractivity contribution in [1.82, 2.24) is 0 Å². The van der Waals surface area contributed by atoms with E-state index in [1.165, 1.54) is 10.4 Å². The third kappa shape index (κ3) is 2.74. The molecule has 0 aliphatic carbocycles. The molecule has 0 rings (SSSR count). The van der Waals surface area contributed by atoms with Crippen LogP contribution in [0, 0.1) is 0 Å². The van der Waals surface area contributed by atoms with E-state index in [4.69, 9.17) is 5.73 Å². The van der Waals surface area contributed by atoms with Gasteiger partial charge in [0.1, 0.15) is 0 Å². The zero-order chi connectivity index (χ0) is 6.57. The van der Waals surface area contributed by atoms with E-state index in [1.807, 2.05) is 0 Å². The second-order valence-electron chi connectivity index (χ2n) is 1.96. The van der Waals surface area contributed by atoms with Crippen LogP contribution >= 0.6 is 0 Å². The van der Waals surface area contributed by atoms with Gasteiger partial charge in [-0.05, 0) is 0 Å². The molecule has 0 amide bonds. The van der Waals surface area contributed by atoms with Gasteiger partial charge >= 0.3 is 56.4 Å². The van der Waals surface area contributed by atoms with Gasteiger partial charge in [0.25, 0.3) is 0 Å². The average molecular weight is 177 g/mol. The molecule has 0 aromatic heterocycles. The fourth-order valence-corrected chi connectivity index (χ4v) is 4.15. The van der Waals surface area contributed by atoms with Crippen molar-refractivity contribution in [2.45, 2.75) is 36.0 Å². The van der Waals surface area contributed by atoms with Crippen LogP contribution in [0.2, 0.25) is 10.4 Å². The Morgan fingerprint density at radius 3 is 1.75 bits per heavy atom. The molecule has 0 aliphatic rings. The van der Waals surface area contributed by atoms with Crippen LogP contribution in [-0.2, 0) is 0 Å². The van der Waals surface area contributed by atoms with E-state index in [9.17, 15) is 0 Å². The average Bonchev–Trinajstić information content (AvgIpc) is 1.69. The summed E-state index contributed by atoms with van der Waals surface area (Å²) in [4.78, 5) is 0.525. The Morgan fingerprint density at radius 2 is 1.75 bits per heavy atom. The molecule has 2 N–H and O–H groups in total. The zero-order valence-electron chi connectivity index (χ0n) is 6.02. The molecule has 0 spiro atoms. The van der Waals surface area contributed by atoms with E-state index in [2.05, 4.69) is 20.8 Å². The Balaban J connectivity index is 3.35. The first-order valence-electron chi connectivity index (χ1n) is 3.22. The van der Waals surface area contributed by atoms with Crippen molar-refractivity contribution in [1.29, 1.82) is 0 Å². The summed E-state index contributed by atoms with van der Waals surface area (Å²) in [5.41, 5.74) is 5.72. The van der Waals surface area contributed by atoms with Crippen LogP contribution in [0.4, 0.5) is 0 Å². The van der Waals surface area contributed by atoms with Crippen molar-refractivity contribution >= 4 is 14.7 Å². The number of rotatable bonds is 3. The zero-order valence-corrected chi connectivity index (χ0v) is 7.89. The van der Waals surface area contributed by atoms with Crippen LogP contribution in [0.25, 0.3) is 0 Å². The first-order chi connectivity index (χ1) is 3.72. The molecule has 0 aromatic rings. The summed E-state index contributed by atoms with van der Waals surface area (Å²) in [5, 5.41) is 2.72. The van der Waals surface area contributed by atoms with Gasteiger partial charge in [-0.2, -0.15) is 0 Å². The van der Waals surface area contributed by atoms with Crippen LogP contribution in [0.15, 0.2) is 0 Å². The Hall–Kier alpha value is 0.518. The van der Waals surface area contributed by atoms with Gasteiger partial charge in [-0.1, -0.05) is 0 Å². The second-order valence-corrected chi connectivity index (χ2v) is 8.80. The van der Waals surface area contributed by atoms with Crippen LogP contribution in [0.3, 0.4) is 0 Å². The molecule has 0 heterocycles. The first kappa shape index (κ1) is 8.52. The molecule has 1 nitrogen and oxygen atoms in total. The Labute approximate surface area is 56.9 Å². The predicted octanol–water partition coefficient (Wildman–Crippen LogP) is 1.41. The molecular weight excluding hydrogens is 161 g/mol. The summed E-state index contributed by atoms with van der Waals surface area (Å²) in [5.74, 6) is 0. The van der Waals surface area contributed by atoms with Crippen molar-refractivity contribution in [3.8, 4) is 0 Å². The summed E-state index contributed by atoms with van der Waals surface area (Å²) in [6.45, 7) is 6.66. The number of nitrogens with two attached hydrogens (primary N) is 1. The van der Waals surface area contributed by atoms with Gasteiger partial charge in [0.05, 0.1) is 0 Å². The van der Waals surface area contributed by atoms with Crippen LogP contribution in [-0.4, -0.2) is 19.5 Å². The second kappa shape index (κ2) is 4.40. The quantitative estimate of drug-likeness (QED) is 0.648. The van der Waals surface area contributed by atoms with Crippen molar-refractivity contribution in [3.63, 3.8) is 0 Å². The molecule has 0 aliphatic heterocycles. The summed E-state index contributed by atoms with van der Waals surface area (Å²) in [6.07, 6.45) is 0. The molecular formula is C6H16AsN. The molecule has 0 saturated carbocycles. The molecule has 0 fully saturated rings. The molecule has 2 heteroatoms. The molecule has 0 radical (unpaired) electrons. The Kier molecular flexibility index (Phi) is 4.69. The predicted molar refractivity (Wildman–Crippen MR) is 40.4 cm³/mol. The standard InChI is InChI=1S/C6H16AsN/c1-4-7(5-2)6(3)8/h6H,4-5,8H2,1-3H3. The van der Waals surface area contributed by atoms with Gasteiger partial charge < -0.3 is 0 Å². The van der Waals surface area contributed by atoms with Crippen LogP contribution in [0.1, 0.15) is 20.8 Å². The van der Waals surface area contributed by atoms with E-state index in [0.29, 0.717) is 4.83 Å². The number of hydrogen-bond acceptors (Lipinski definition) is 1. The maximum absolute atomic E-state index is 5.72. The fourth-order valence-electron chi connectivity index (χ4n) is 0.800. The van der Waals surface area contributed by atoms with E-state index in [0.717, 1.165) is 0 Å². The van der Waals surface area contributed by atoms with E-state index in [1.54, 1.807) is 0 Å². The van der Waals surface area contributed by atoms with E-state index in [-0.39, 0.29) is 0 Å². The number of hydrogen-bond donors (Lipinski definition) is 1. The van der Waals surface area contributed by atoms with Crippen molar-refractivity contribution in [2.75, 3.05) is 0 Å². The van der Waals surface area contributed by atoms with Gasteiger partial charge in [-0.3, -0.25) is 0 Å². The topological polar surface area (TPSA) is 26.0 Å². The van der Waals surface area contributed by atoms with Gasteiger partial charge in [0.2, 0.25) is 0 Å². The first-order valence-corrected chi connectivity index (χ1v) is 6.95. The SMILES string of the molecule is CC[As](CC)C(C)N. The molecule has 1 atom stereocenters. The van der Waals surface area contributed by atoms with Crippen molar-refractivity contribution in [3.05, 3.63) is 0 Å². The van der Waals surface area contributed by atoms with Crippen LogP contribution in [0.5, 0.6) is 0 Å². The fraction of sp³-hybridized carbons (Fsp3) is 1.00. The van der Waals surface area contributed by atoms with E-state index >= 15 is 0 Å². The van der Waals surface area contributed by atoms with Gasteiger partial charge in [0.15, 0.2) is 0 Å². The van der Waals surface area contributed by atoms with Gasteiger partial charge in [-0.15, -0.1) is 0 Å². The molecule has 8 heavy (non-hydrogen) atoms. The molecule has 0 bridgehead atoms. The van der Waals surface area contributed by atoms with Gasteiger partial charge in [0, 0.05) is 0 Å². The summed E-state index contributed by atoms with van der Waals surface area (Å²) >= 11 is -0.549. The van der Waals surface area contributed by atoms with Crippen molar-refractivity contribution < 1.29 is 0 Å². The van der Waals surface area contributed by atoms with Crippen LogP contribution < -0.4 is 5.73 Å². The minimum atomic E-state index is -0.549. The molecule has 0 saturated heterocycles. The Morgan fingerprint density at radius 1 is 1.38 bits per heavy atom. The molecule has 50 valence electrons. The van der Waals surface area contributed by atoms with E-state index < -0.39 is 14.7 Å². The monoisotopic (exact) mass is 177 g/mol. The third-order valence-corrected chi connectivity index (χ3v) is 7.21. The maximum atomic E-state index is 5.72. The summed E-state index contributed by atoms with van der Waals surface area (Å²) in [7, 11) is 0. The van der Waals surface area contributed by atoms with Gasteiger partial charge in [-0.25, -0.2) is 0 Å². The Bertz CT molecular complexity index is 50.5. The summed E-state index contributed by atoms with van der Waals surface area (Å²) in [6, 6.07) is 0. The molecule has 1 unspecified atom stereocenters. The third-order valence-electron chi connectivity index (χ3n) is 1.39. The minimum absolute atomic E-state index is 0.525. The summed E-state index contributed by atoms with van der Waals surface area (Å²) < 4.78 is 0. The normalized spacial score (nSPS) is 14.6. The molecule has 0 aromatic carbocycles.